The van der Waals surface area contributed by atoms with Crippen LogP contribution in [-0.2, 0) is 10.0 Å². The molecule has 0 saturated carbocycles. The number of hydrogen-bond acceptors (Lipinski definition) is 8. The average Bonchev–Trinajstić information content (AvgIpc) is 3.02. The smallest absolute Gasteiger partial charge is 0.323 e. The number of methoxy groups -OCH3 is 2. The van der Waals surface area contributed by atoms with Gasteiger partial charge in [0.25, 0.3) is 5.91 Å². The number of carbonyl (C=O) groups is 2. The summed E-state index contributed by atoms with van der Waals surface area (Å²) < 4.78 is 44.9. The Labute approximate surface area is 257 Å². The predicted molar refractivity (Wildman–Crippen MR) is 166 cm³/mol. The number of para-hydroxylation sites is 1. The Morgan fingerprint density at radius 3 is 2.25 bits per heavy atom. The summed E-state index contributed by atoms with van der Waals surface area (Å²) in [6.45, 7) is 3.45. The number of benzene rings is 3. The third-order valence-electron chi connectivity index (χ3n) is 7.49. The molecule has 0 radical (unpaired) electrons. The van der Waals surface area contributed by atoms with E-state index in [1.165, 1.54) is 35.5 Å². The fraction of sp³-hybridized carbons (Fsp3) is 0.355. The summed E-state index contributed by atoms with van der Waals surface area (Å²) in [4.78, 5) is 28.4. The first-order valence-corrected chi connectivity index (χ1v) is 15.5. The number of aliphatic hydroxyl groups is 1. The third-order valence-corrected chi connectivity index (χ3v) is 9.33. The number of carbonyl (C=O) groups excluding carboxylic acids is 2. The molecule has 0 aliphatic carbocycles. The van der Waals surface area contributed by atoms with Crippen molar-refractivity contribution in [3.8, 4) is 17.2 Å². The highest BCUT2D eigenvalue weighted by molar-refractivity contribution is 7.89. The zero-order chi connectivity index (χ0) is 32.0. The van der Waals surface area contributed by atoms with Crippen molar-refractivity contribution in [1.82, 2.24) is 9.21 Å². The second-order valence-electron chi connectivity index (χ2n) is 10.6. The number of nitrogens with zero attached hydrogens (tertiary/aromatic N) is 2. The Hall–Kier alpha value is -4.33. The van der Waals surface area contributed by atoms with Crippen molar-refractivity contribution in [1.29, 1.82) is 0 Å². The first kappa shape index (κ1) is 32.6. The number of likely N-dealkylation sites (N-methyl/N-ethyl adjacent to an activating group) is 1. The minimum atomic E-state index is -3.91. The standard InChI is InChI=1S/C31H38N4O8S/c1-20-17-35(21(2)19-36)30(37)26-7-6-8-27(33-31(38)32-22-9-11-23(41-4)12-10-22)29(26)43-28(20)18-34(3)44(39,40)25-15-13-24(42-5)14-16-25/h6-16,20-21,28,36H,17-19H2,1-5H3,(H2,32,33,38)/t20-,21+,28-/m1/s1. The van der Waals surface area contributed by atoms with Crippen molar-refractivity contribution in [3.63, 3.8) is 0 Å². The maximum Gasteiger partial charge on any atom is 0.323 e. The minimum Gasteiger partial charge on any atom is -0.497 e. The predicted octanol–water partition coefficient (Wildman–Crippen LogP) is 3.89. The van der Waals surface area contributed by atoms with Gasteiger partial charge in [0.05, 0.1) is 49.6 Å². The summed E-state index contributed by atoms with van der Waals surface area (Å²) in [7, 11) is 0.591. The Kier molecular flexibility index (Phi) is 10.3. The van der Waals surface area contributed by atoms with Gasteiger partial charge in [-0.2, -0.15) is 4.31 Å². The molecule has 13 heteroatoms. The van der Waals surface area contributed by atoms with Gasteiger partial charge >= 0.3 is 6.03 Å². The van der Waals surface area contributed by atoms with Gasteiger partial charge in [-0.25, -0.2) is 13.2 Å². The Morgan fingerprint density at radius 1 is 1.05 bits per heavy atom. The zero-order valence-corrected chi connectivity index (χ0v) is 26.1. The normalized spacial score (nSPS) is 17.5. The first-order valence-electron chi connectivity index (χ1n) is 14.0. The van der Waals surface area contributed by atoms with Gasteiger partial charge in [-0.3, -0.25) is 4.79 Å². The maximum absolute atomic E-state index is 13.7. The molecular formula is C31H38N4O8S. The lowest BCUT2D eigenvalue weighted by Crippen LogP contribution is -2.50. The van der Waals surface area contributed by atoms with E-state index in [-0.39, 0.29) is 53.4 Å². The molecule has 44 heavy (non-hydrogen) atoms. The molecule has 0 saturated heterocycles. The van der Waals surface area contributed by atoms with Crippen molar-refractivity contribution >= 4 is 33.3 Å². The lowest BCUT2D eigenvalue weighted by atomic mass is 9.99. The van der Waals surface area contributed by atoms with Crippen molar-refractivity contribution in [2.75, 3.05) is 51.6 Å². The van der Waals surface area contributed by atoms with Gasteiger partial charge < -0.3 is 34.9 Å². The molecule has 3 aromatic carbocycles. The minimum absolute atomic E-state index is 0.0586. The summed E-state index contributed by atoms with van der Waals surface area (Å²) in [5, 5.41) is 15.4. The summed E-state index contributed by atoms with van der Waals surface area (Å²) >= 11 is 0. The number of fused-ring (bicyclic) bond motifs is 1. The van der Waals surface area contributed by atoms with Crippen LogP contribution in [0.15, 0.2) is 71.6 Å². The Bertz CT molecular complexity index is 1560. The van der Waals surface area contributed by atoms with E-state index in [9.17, 15) is 23.1 Å². The zero-order valence-electron chi connectivity index (χ0n) is 25.3. The number of ether oxygens (including phenoxy) is 3. The lowest BCUT2D eigenvalue weighted by Gasteiger charge is -2.38. The van der Waals surface area contributed by atoms with Crippen molar-refractivity contribution < 1.29 is 37.3 Å². The molecule has 12 nitrogen and oxygen atoms in total. The SMILES string of the molecule is COc1ccc(NC(=O)Nc2cccc3c2O[C@H](CN(C)S(=O)(=O)c2ccc(OC)cc2)[C@H](C)CN([C@@H](C)CO)C3=O)cc1. The molecule has 0 spiro atoms. The number of aliphatic hydroxyl groups excluding tert-OH is 1. The van der Waals surface area contributed by atoms with Crippen molar-refractivity contribution in [2.45, 2.75) is 30.9 Å². The quantitative estimate of drug-likeness (QED) is 0.307. The van der Waals surface area contributed by atoms with Crippen LogP contribution in [0.2, 0.25) is 0 Å². The van der Waals surface area contributed by atoms with E-state index < -0.39 is 28.2 Å². The van der Waals surface area contributed by atoms with Crippen molar-refractivity contribution in [2.24, 2.45) is 5.92 Å². The molecular weight excluding hydrogens is 588 g/mol. The van der Waals surface area contributed by atoms with Crippen LogP contribution >= 0.6 is 0 Å². The summed E-state index contributed by atoms with van der Waals surface area (Å²) in [6.07, 6.45) is -0.735. The summed E-state index contributed by atoms with van der Waals surface area (Å²) in [5.41, 5.74) is 0.905. The molecule has 1 heterocycles. The fourth-order valence-corrected chi connectivity index (χ4v) is 5.98. The molecule has 4 rings (SSSR count). The number of amides is 3. The van der Waals surface area contributed by atoms with Gasteiger partial charge in [-0.1, -0.05) is 13.0 Å². The van der Waals surface area contributed by atoms with Crippen LogP contribution in [0.3, 0.4) is 0 Å². The van der Waals surface area contributed by atoms with Gasteiger partial charge in [0.2, 0.25) is 10.0 Å². The number of nitrogens with one attached hydrogen (secondary N) is 2. The van der Waals surface area contributed by atoms with E-state index >= 15 is 0 Å². The number of sulfonamides is 1. The van der Waals surface area contributed by atoms with Gasteiger partial charge in [-0.15, -0.1) is 0 Å². The molecule has 236 valence electrons. The molecule has 0 aromatic heterocycles. The van der Waals surface area contributed by atoms with E-state index in [2.05, 4.69) is 10.6 Å². The second kappa shape index (κ2) is 14.0. The highest BCUT2D eigenvalue weighted by atomic mass is 32.2. The molecule has 1 aliphatic rings. The maximum atomic E-state index is 13.7. The second-order valence-corrected chi connectivity index (χ2v) is 12.6. The Morgan fingerprint density at radius 2 is 1.66 bits per heavy atom. The van der Waals surface area contributed by atoms with E-state index in [1.807, 2.05) is 6.92 Å². The average molecular weight is 627 g/mol. The van der Waals surface area contributed by atoms with E-state index in [0.29, 0.717) is 17.2 Å². The van der Waals surface area contributed by atoms with Crippen LogP contribution in [0.4, 0.5) is 16.2 Å². The van der Waals surface area contributed by atoms with Gasteiger partial charge in [0, 0.05) is 25.2 Å². The highest BCUT2D eigenvalue weighted by Gasteiger charge is 2.36. The van der Waals surface area contributed by atoms with Crippen LogP contribution in [0.25, 0.3) is 0 Å². The van der Waals surface area contributed by atoms with Crippen molar-refractivity contribution in [3.05, 3.63) is 72.3 Å². The number of rotatable bonds is 10. The highest BCUT2D eigenvalue weighted by Crippen LogP contribution is 2.35. The monoisotopic (exact) mass is 626 g/mol. The van der Waals surface area contributed by atoms with Crippen LogP contribution in [0.5, 0.6) is 17.2 Å². The van der Waals surface area contributed by atoms with Crippen LogP contribution in [-0.4, -0.2) is 87.8 Å². The van der Waals surface area contributed by atoms with Gasteiger partial charge in [0.1, 0.15) is 17.6 Å². The molecule has 0 unspecified atom stereocenters. The van der Waals surface area contributed by atoms with Gasteiger partial charge in [0.15, 0.2) is 5.75 Å². The molecule has 3 amide bonds. The molecule has 1 aliphatic heterocycles. The van der Waals surface area contributed by atoms with E-state index in [1.54, 1.807) is 68.6 Å². The largest absolute Gasteiger partial charge is 0.497 e. The topological polar surface area (TPSA) is 147 Å². The van der Waals surface area contributed by atoms with Crippen LogP contribution in [0, 0.1) is 5.92 Å². The Balaban J connectivity index is 1.66. The number of hydrogen-bond donors (Lipinski definition) is 3. The summed E-state index contributed by atoms with van der Waals surface area (Å²) in [6, 6.07) is 16.5. The summed E-state index contributed by atoms with van der Waals surface area (Å²) in [5.74, 6) is 0.512. The van der Waals surface area contributed by atoms with Crippen LogP contribution < -0.4 is 24.8 Å². The molecule has 0 fully saturated rings. The lowest BCUT2D eigenvalue weighted by molar-refractivity contribution is 0.0389. The fourth-order valence-electron chi connectivity index (χ4n) is 4.80. The molecule has 3 aromatic rings. The van der Waals surface area contributed by atoms with Gasteiger partial charge in [-0.05, 0) is 67.6 Å². The number of urea groups is 1. The van der Waals surface area contributed by atoms with Crippen LogP contribution in [0.1, 0.15) is 24.2 Å². The number of anilines is 2. The molecule has 3 N–H and O–H groups in total. The third kappa shape index (κ3) is 7.24. The van der Waals surface area contributed by atoms with E-state index in [4.69, 9.17) is 14.2 Å². The molecule has 0 bridgehead atoms. The van der Waals surface area contributed by atoms with E-state index in [0.717, 1.165) is 0 Å². The molecule has 3 atom stereocenters. The first-order chi connectivity index (χ1) is 21.0.